The minimum atomic E-state index is -2.54. The number of benzene rings is 1. The molecule has 1 aromatic rings. The van der Waals surface area contributed by atoms with Gasteiger partial charge in [-0.1, -0.05) is 0 Å². The molecule has 2 rings (SSSR count). The smallest absolute Gasteiger partial charge is 0.497 e. The van der Waals surface area contributed by atoms with Crippen LogP contribution in [0.1, 0.15) is 39.7 Å². The molecule has 0 radical (unpaired) electrons. The minimum absolute atomic E-state index is 0.0736. The lowest BCUT2D eigenvalue weighted by molar-refractivity contribution is 0.00578. The molecule has 0 aromatic heterocycles. The maximum atomic E-state index is 12.9. The Kier molecular flexibility index (Phi) is 3.82. The molecule has 0 aliphatic carbocycles. The molecule has 1 aromatic carbocycles. The second-order valence-corrected chi connectivity index (χ2v) is 5.89. The molecule has 3 nitrogen and oxygen atoms in total. The predicted octanol–water partition coefficient (Wildman–Crippen LogP) is 2.93. The van der Waals surface area contributed by atoms with Gasteiger partial charge < -0.3 is 14.0 Å². The second kappa shape index (κ2) is 5.00. The van der Waals surface area contributed by atoms with E-state index in [0.717, 1.165) is 0 Å². The number of ether oxygens (including phenoxy) is 1. The topological polar surface area (TPSA) is 27.7 Å². The van der Waals surface area contributed by atoms with Crippen LogP contribution in [0.15, 0.2) is 18.2 Å². The first-order valence-electron chi connectivity index (χ1n) is 6.49. The largest absolute Gasteiger partial charge is 0.498 e. The van der Waals surface area contributed by atoms with Crippen LogP contribution in [-0.2, 0) is 9.31 Å². The molecule has 0 N–H and O–H groups in total. The maximum absolute atomic E-state index is 12.9. The van der Waals surface area contributed by atoms with E-state index in [1.54, 1.807) is 0 Å². The number of hydrogen-bond acceptors (Lipinski definition) is 3. The summed E-state index contributed by atoms with van der Waals surface area (Å²) in [6.45, 7) is 7.65. The van der Waals surface area contributed by atoms with Crippen LogP contribution >= 0.6 is 0 Å². The van der Waals surface area contributed by atoms with Crippen molar-refractivity contribution in [3.8, 4) is 5.75 Å². The summed E-state index contributed by atoms with van der Waals surface area (Å²) in [5, 5.41) is 0. The number of hydrogen-bond donors (Lipinski definition) is 0. The average molecular weight is 284 g/mol. The third-order valence-electron chi connectivity index (χ3n) is 4.01. The van der Waals surface area contributed by atoms with Crippen molar-refractivity contribution in [2.24, 2.45) is 0 Å². The normalized spacial score (nSPS) is 20.5. The fraction of sp³-hybridized carbons (Fsp3) is 0.571. The van der Waals surface area contributed by atoms with Gasteiger partial charge in [0.1, 0.15) is 5.75 Å². The highest BCUT2D eigenvalue weighted by atomic mass is 19.3. The Morgan fingerprint density at radius 1 is 1.10 bits per heavy atom. The van der Waals surface area contributed by atoms with Crippen LogP contribution in [0, 0.1) is 0 Å². The van der Waals surface area contributed by atoms with E-state index in [0.29, 0.717) is 11.2 Å². The van der Waals surface area contributed by atoms with Crippen molar-refractivity contribution in [2.75, 3.05) is 7.11 Å². The van der Waals surface area contributed by atoms with Gasteiger partial charge in [0.05, 0.1) is 18.3 Å². The summed E-state index contributed by atoms with van der Waals surface area (Å²) in [4.78, 5) is 0. The van der Waals surface area contributed by atoms with Crippen LogP contribution < -0.4 is 10.2 Å². The highest BCUT2D eigenvalue weighted by Crippen LogP contribution is 2.37. The summed E-state index contributed by atoms with van der Waals surface area (Å²) < 4.78 is 42.7. The highest BCUT2D eigenvalue weighted by molar-refractivity contribution is 6.63. The van der Waals surface area contributed by atoms with Crippen molar-refractivity contribution in [2.45, 2.75) is 45.3 Å². The van der Waals surface area contributed by atoms with Gasteiger partial charge in [0.15, 0.2) is 0 Å². The highest BCUT2D eigenvalue weighted by Gasteiger charge is 2.52. The Morgan fingerprint density at radius 2 is 1.65 bits per heavy atom. The van der Waals surface area contributed by atoms with Gasteiger partial charge in [0.2, 0.25) is 0 Å². The Hall–Kier alpha value is -1.14. The van der Waals surface area contributed by atoms with E-state index in [1.165, 1.54) is 25.3 Å². The van der Waals surface area contributed by atoms with E-state index in [4.69, 9.17) is 14.0 Å². The number of halogens is 2. The summed E-state index contributed by atoms with van der Waals surface area (Å²) in [6, 6.07) is 4.24. The molecule has 0 bridgehead atoms. The SMILES string of the molecule is COc1ccc(C(F)F)cc1B1OC(C)(C)C(C)(C)O1. The van der Waals surface area contributed by atoms with Crippen LogP contribution in [0.25, 0.3) is 0 Å². The van der Waals surface area contributed by atoms with Gasteiger partial charge in [0, 0.05) is 11.0 Å². The molecule has 1 aliphatic rings. The zero-order valence-corrected chi connectivity index (χ0v) is 12.4. The van der Waals surface area contributed by atoms with Crippen LogP contribution in [0.4, 0.5) is 8.78 Å². The van der Waals surface area contributed by atoms with Gasteiger partial charge in [-0.05, 0) is 45.9 Å². The summed E-state index contributed by atoms with van der Waals surface area (Å²) in [5.74, 6) is 0.480. The van der Waals surface area contributed by atoms with Crippen molar-refractivity contribution < 1.29 is 22.8 Å². The number of alkyl halides is 2. The van der Waals surface area contributed by atoms with Crippen LogP contribution in [0.5, 0.6) is 5.75 Å². The summed E-state index contributed by atoms with van der Waals surface area (Å²) >= 11 is 0. The van der Waals surface area contributed by atoms with Crippen LogP contribution in [0.2, 0.25) is 0 Å². The predicted molar refractivity (Wildman–Crippen MR) is 73.7 cm³/mol. The quantitative estimate of drug-likeness (QED) is 0.799. The van der Waals surface area contributed by atoms with E-state index in [1.807, 2.05) is 27.7 Å². The second-order valence-electron chi connectivity index (χ2n) is 5.89. The molecule has 1 heterocycles. The first kappa shape index (κ1) is 15.3. The summed E-state index contributed by atoms with van der Waals surface area (Å²) in [7, 11) is 0.778. The molecule has 0 unspecified atom stereocenters. The lowest BCUT2D eigenvalue weighted by Crippen LogP contribution is -2.41. The van der Waals surface area contributed by atoms with Gasteiger partial charge in [-0.15, -0.1) is 0 Å². The first-order valence-corrected chi connectivity index (χ1v) is 6.49. The summed E-state index contributed by atoms with van der Waals surface area (Å²) in [6.07, 6.45) is -2.54. The first-order chi connectivity index (χ1) is 9.18. The Morgan fingerprint density at radius 3 is 2.10 bits per heavy atom. The molecule has 0 atom stereocenters. The van der Waals surface area contributed by atoms with Crippen molar-refractivity contribution in [3.05, 3.63) is 23.8 Å². The lowest BCUT2D eigenvalue weighted by atomic mass is 9.77. The molecule has 0 saturated carbocycles. The van der Waals surface area contributed by atoms with Gasteiger partial charge >= 0.3 is 7.12 Å². The molecular weight excluding hydrogens is 265 g/mol. The zero-order chi connectivity index (χ0) is 15.1. The minimum Gasteiger partial charge on any atom is -0.497 e. The van der Waals surface area contributed by atoms with Crippen molar-refractivity contribution >= 4 is 12.6 Å². The molecule has 0 amide bonds. The van der Waals surface area contributed by atoms with Gasteiger partial charge in [-0.2, -0.15) is 0 Å². The van der Waals surface area contributed by atoms with E-state index < -0.39 is 24.7 Å². The van der Waals surface area contributed by atoms with Crippen molar-refractivity contribution in [1.82, 2.24) is 0 Å². The molecule has 1 fully saturated rings. The Labute approximate surface area is 118 Å². The zero-order valence-electron chi connectivity index (χ0n) is 12.4. The monoisotopic (exact) mass is 284 g/mol. The standard InChI is InChI=1S/C14H19BF2O3/c1-13(2)14(3,4)20-15(19-13)10-8-9(12(16)17)6-7-11(10)18-5/h6-8,12H,1-5H3. The maximum Gasteiger partial charge on any atom is 0.498 e. The van der Waals surface area contributed by atoms with Crippen LogP contribution in [0.3, 0.4) is 0 Å². The lowest BCUT2D eigenvalue weighted by Gasteiger charge is -2.32. The van der Waals surface area contributed by atoms with E-state index >= 15 is 0 Å². The molecule has 110 valence electrons. The Balaban J connectivity index is 2.40. The fourth-order valence-electron chi connectivity index (χ4n) is 2.04. The molecular formula is C14H19BF2O3. The van der Waals surface area contributed by atoms with Gasteiger partial charge in [0.25, 0.3) is 6.43 Å². The third-order valence-corrected chi connectivity index (χ3v) is 4.01. The molecule has 1 aliphatic heterocycles. The number of rotatable bonds is 3. The van der Waals surface area contributed by atoms with Crippen molar-refractivity contribution in [3.63, 3.8) is 0 Å². The van der Waals surface area contributed by atoms with Crippen LogP contribution in [-0.4, -0.2) is 25.4 Å². The molecule has 20 heavy (non-hydrogen) atoms. The van der Waals surface area contributed by atoms with E-state index in [9.17, 15) is 8.78 Å². The number of methoxy groups -OCH3 is 1. The Bertz CT molecular complexity index is 487. The fourth-order valence-corrected chi connectivity index (χ4v) is 2.04. The summed E-state index contributed by atoms with van der Waals surface area (Å²) in [5.41, 5.74) is -0.632. The van der Waals surface area contributed by atoms with Gasteiger partial charge in [-0.3, -0.25) is 0 Å². The van der Waals surface area contributed by atoms with Crippen molar-refractivity contribution in [1.29, 1.82) is 0 Å². The average Bonchev–Trinajstić information content (AvgIpc) is 2.57. The molecule has 6 heteroatoms. The van der Waals surface area contributed by atoms with Gasteiger partial charge in [-0.25, -0.2) is 8.78 Å². The van der Waals surface area contributed by atoms with E-state index in [-0.39, 0.29) is 5.56 Å². The molecule has 0 spiro atoms. The molecule has 1 saturated heterocycles. The van der Waals surface area contributed by atoms with E-state index in [2.05, 4.69) is 0 Å². The third kappa shape index (κ3) is 2.54.